The van der Waals surface area contributed by atoms with Gasteiger partial charge in [-0.05, 0) is 18.6 Å². The molecular weight excluding hydrogens is 262 g/mol. The van der Waals surface area contributed by atoms with Crippen molar-refractivity contribution in [1.29, 1.82) is 0 Å². The molecule has 0 spiro atoms. The normalized spacial score (nSPS) is 14.4. The molecule has 0 aliphatic heterocycles. The van der Waals surface area contributed by atoms with Gasteiger partial charge in [-0.1, -0.05) is 64.7 Å². The van der Waals surface area contributed by atoms with E-state index in [0.29, 0.717) is 5.70 Å². The lowest BCUT2D eigenvalue weighted by molar-refractivity contribution is -0.114. The third kappa shape index (κ3) is 8.49. The monoisotopic (exact) mass is 291 g/mol. The maximum atomic E-state index is 11.5. The smallest absolute Gasteiger partial charge is 0.201 e. The number of hydrogen-bond donors (Lipinski definition) is 1. The first kappa shape index (κ1) is 17.7. The lowest BCUT2D eigenvalue weighted by atomic mass is 10.1. The molecule has 1 aliphatic carbocycles. The first-order valence-corrected chi connectivity index (χ1v) is 8.46. The van der Waals surface area contributed by atoms with Gasteiger partial charge in [0.05, 0.1) is 5.70 Å². The summed E-state index contributed by atoms with van der Waals surface area (Å²) in [5, 5.41) is 3.07. The molecule has 0 saturated carbocycles. The van der Waals surface area contributed by atoms with Crippen LogP contribution in [0.1, 0.15) is 71.1 Å². The van der Waals surface area contributed by atoms with Crippen LogP contribution in [0.4, 0.5) is 0 Å². The van der Waals surface area contributed by atoms with E-state index in [1.807, 2.05) is 0 Å². The van der Waals surface area contributed by atoms with Crippen molar-refractivity contribution in [3.63, 3.8) is 0 Å². The third-order valence-corrected chi connectivity index (χ3v) is 3.80. The standard InChI is InChI=1S/C18H29NO2/c1-2-3-4-5-6-7-8-9-10-11-14-19-17-15-16(20)12-13-18(17)21/h12-13,15,19H,2-11,14H2,1H3. The fraction of sp³-hybridized carbons (Fsp3) is 0.667. The molecule has 3 heteroatoms. The van der Waals surface area contributed by atoms with Gasteiger partial charge in [-0.3, -0.25) is 9.59 Å². The average molecular weight is 291 g/mol. The lowest BCUT2D eigenvalue weighted by Gasteiger charge is -2.09. The second-order valence-corrected chi connectivity index (χ2v) is 5.77. The maximum absolute atomic E-state index is 11.5. The van der Waals surface area contributed by atoms with Crippen LogP contribution in [-0.2, 0) is 9.59 Å². The van der Waals surface area contributed by atoms with Crippen LogP contribution in [0, 0.1) is 0 Å². The van der Waals surface area contributed by atoms with Crippen LogP contribution in [0.5, 0.6) is 0 Å². The summed E-state index contributed by atoms with van der Waals surface area (Å²) in [6.07, 6.45) is 17.0. The molecule has 0 bridgehead atoms. The number of carbonyl (C=O) groups is 2. The van der Waals surface area contributed by atoms with E-state index >= 15 is 0 Å². The van der Waals surface area contributed by atoms with E-state index in [1.165, 1.54) is 76.0 Å². The molecule has 0 aromatic carbocycles. The Kier molecular flexibility index (Phi) is 9.51. The van der Waals surface area contributed by atoms with Gasteiger partial charge in [0.1, 0.15) is 0 Å². The van der Waals surface area contributed by atoms with Gasteiger partial charge >= 0.3 is 0 Å². The largest absolute Gasteiger partial charge is 0.382 e. The zero-order valence-electron chi connectivity index (χ0n) is 13.3. The number of ketones is 2. The molecule has 0 saturated heterocycles. The minimum Gasteiger partial charge on any atom is -0.382 e. The van der Waals surface area contributed by atoms with E-state index in [4.69, 9.17) is 0 Å². The van der Waals surface area contributed by atoms with Gasteiger partial charge in [-0.2, -0.15) is 0 Å². The molecule has 1 aliphatic rings. The van der Waals surface area contributed by atoms with Crippen LogP contribution < -0.4 is 5.32 Å². The second kappa shape index (κ2) is 11.3. The second-order valence-electron chi connectivity index (χ2n) is 5.77. The molecule has 0 atom stereocenters. The number of nitrogens with one attached hydrogen (secondary N) is 1. The molecule has 0 aromatic heterocycles. The molecule has 1 rings (SSSR count). The summed E-state index contributed by atoms with van der Waals surface area (Å²) in [5.41, 5.74) is 0.443. The zero-order chi connectivity index (χ0) is 15.3. The van der Waals surface area contributed by atoms with Gasteiger partial charge in [0.25, 0.3) is 0 Å². The molecule has 0 heterocycles. The van der Waals surface area contributed by atoms with Gasteiger partial charge in [-0.25, -0.2) is 0 Å². The Morgan fingerprint density at radius 3 is 2.00 bits per heavy atom. The molecule has 0 radical (unpaired) electrons. The van der Waals surface area contributed by atoms with E-state index in [-0.39, 0.29) is 11.6 Å². The van der Waals surface area contributed by atoms with Gasteiger partial charge in [0.2, 0.25) is 5.78 Å². The van der Waals surface area contributed by atoms with Crippen LogP contribution >= 0.6 is 0 Å². The number of hydrogen-bond acceptors (Lipinski definition) is 3. The Balaban J connectivity index is 1.91. The Hall–Kier alpha value is -1.38. The quantitative estimate of drug-likeness (QED) is 0.435. The highest BCUT2D eigenvalue weighted by Crippen LogP contribution is 2.10. The fourth-order valence-electron chi connectivity index (χ4n) is 2.48. The molecule has 21 heavy (non-hydrogen) atoms. The van der Waals surface area contributed by atoms with Crippen molar-refractivity contribution in [2.45, 2.75) is 71.1 Å². The third-order valence-electron chi connectivity index (χ3n) is 3.80. The van der Waals surface area contributed by atoms with Crippen molar-refractivity contribution in [3.8, 4) is 0 Å². The minimum atomic E-state index is -0.111. The molecule has 118 valence electrons. The summed E-state index contributed by atoms with van der Waals surface area (Å²) in [6.45, 7) is 3.02. The SMILES string of the molecule is CCCCCCCCCCCCNC1=CC(=O)C=CC1=O. The summed E-state index contributed by atoms with van der Waals surface area (Å²) in [4.78, 5) is 22.6. The fourth-order valence-corrected chi connectivity index (χ4v) is 2.48. The highest BCUT2D eigenvalue weighted by Gasteiger charge is 2.11. The van der Waals surface area contributed by atoms with Crippen LogP contribution in [0.15, 0.2) is 23.9 Å². The van der Waals surface area contributed by atoms with Crippen LogP contribution in [-0.4, -0.2) is 18.1 Å². The van der Waals surface area contributed by atoms with Crippen molar-refractivity contribution < 1.29 is 9.59 Å². The van der Waals surface area contributed by atoms with Crippen molar-refractivity contribution in [3.05, 3.63) is 23.9 Å². The Labute approximate surface area is 128 Å². The summed E-state index contributed by atoms with van der Waals surface area (Å²) >= 11 is 0. The number of carbonyl (C=O) groups excluding carboxylic acids is 2. The van der Waals surface area contributed by atoms with E-state index in [2.05, 4.69) is 12.2 Å². The highest BCUT2D eigenvalue weighted by atomic mass is 16.1. The van der Waals surface area contributed by atoms with Crippen LogP contribution in [0.25, 0.3) is 0 Å². The Morgan fingerprint density at radius 2 is 1.38 bits per heavy atom. The first-order chi connectivity index (χ1) is 10.2. The van der Waals surface area contributed by atoms with E-state index in [1.54, 1.807) is 0 Å². The summed E-state index contributed by atoms with van der Waals surface area (Å²) in [5.74, 6) is -0.207. The van der Waals surface area contributed by atoms with Crippen molar-refractivity contribution in [2.75, 3.05) is 6.54 Å². The van der Waals surface area contributed by atoms with Crippen molar-refractivity contribution >= 4 is 11.6 Å². The highest BCUT2D eigenvalue weighted by molar-refractivity contribution is 6.16. The average Bonchev–Trinajstić information content (AvgIpc) is 2.48. The van der Waals surface area contributed by atoms with Gasteiger partial charge in [-0.15, -0.1) is 0 Å². The summed E-state index contributed by atoms with van der Waals surface area (Å²) in [6, 6.07) is 0. The number of unbranched alkanes of at least 4 members (excludes halogenated alkanes) is 9. The van der Waals surface area contributed by atoms with Crippen molar-refractivity contribution in [1.82, 2.24) is 5.32 Å². The topological polar surface area (TPSA) is 46.2 Å². The van der Waals surface area contributed by atoms with E-state index in [9.17, 15) is 9.59 Å². The number of allylic oxidation sites excluding steroid dienone is 3. The number of rotatable bonds is 12. The van der Waals surface area contributed by atoms with Gasteiger partial charge in [0, 0.05) is 12.6 Å². The molecule has 0 fully saturated rings. The van der Waals surface area contributed by atoms with E-state index < -0.39 is 0 Å². The van der Waals surface area contributed by atoms with E-state index in [0.717, 1.165) is 13.0 Å². The van der Waals surface area contributed by atoms with Crippen LogP contribution in [0.2, 0.25) is 0 Å². The first-order valence-electron chi connectivity index (χ1n) is 8.46. The van der Waals surface area contributed by atoms with Crippen molar-refractivity contribution in [2.24, 2.45) is 0 Å². The summed E-state index contributed by atoms with van der Waals surface area (Å²) < 4.78 is 0. The minimum absolute atomic E-state index is 0.0957. The molecule has 0 unspecified atom stereocenters. The molecule has 1 N–H and O–H groups in total. The molecule has 3 nitrogen and oxygen atoms in total. The zero-order valence-corrected chi connectivity index (χ0v) is 13.3. The Bertz CT molecular complexity index is 383. The predicted molar refractivity (Wildman–Crippen MR) is 87.1 cm³/mol. The van der Waals surface area contributed by atoms with Gasteiger partial charge < -0.3 is 5.32 Å². The maximum Gasteiger partial charge on any atom is 0.201 e. The lowest BCUT2D eigenvalue weighted by Crippen LogP contribution is -2.23. The summed E-state index contributed by atoms with van der Waals surface area (Å²) in [7, 11) is 0. The molecule has 0 amide bonds. The Morgan fingerprint density at radius 1 is 0.810 bits per heavy atom. The van der Waals surface area contributed by atoms with Crippen LogP contribution in [0.3, 0.4) is 0 Å². The van der Waals surface area contributed by atoms with Gasteiger partial charge in [0.15, 0.2) is 5.78 Å². The molecular formula is C18H29NO2. The predicted octanol–water partition coefficient (Wildman–Crippen LogP) is 4.09. The molecule has 0 aromatic rings.